The van der Waals surface area contributed by atoms with Crippen LogP contribution >= 0.6 is 11.8 Å². The third-order valence-electron chi connectivity index (χ3n) is 2.51. The minimum Gasteiger partial charge on any atom is -0.494 e. The second kappa shape index (κ2) is 7.65. The highest BCUT2D eigenvalue weighted by Gasteiger charge is 2.27. The van der Waals surface area contributed by atoms with Gasteiger partial charge in [0.1, 0.15) is 5.75 Å². The molecule has 0 fully saturated rings. The molecule has 0 aliphatic heterocycles. The predicted molar refractivity (Wildman–Crippen MR) is 72.5 cm³/mol. The first-order valence-corrected chi connectivity index (χ1v) is 7.07. The molecular formula is C13H18F3NOS. The van der Waals surface area contributed by atoms with Crippen LogP contribution in [0, 0.1) is 0 Å². The van der Waals surface area contributed by atoms with Crippen LogP contribution in [0.2, 0.25) is 0 Å². The molecule has 0 saturated heterocycles. The zero-order valence-electron chi connectivity index (χ0n) is 11.0. The van der Waals surface area contributed by atoms with Gasteiger partial charge < -0.3 is 10.1 Å². The number of hydrogen-bond acceptors (Lipinski definition) is 3. The molecule has 108 valence electrons. The molecule has 0 heterocycles. The third kappa shape index (κ3) is 6.73. The van der Waals surface area contributed by atoms with E-state index in [1.54, 1.807) is 0 Å². The van der Waals surface area contributed by atoms with E-state index in [0.717, 1.165) is 11.3 Å². The fourth-order valence-electron chi connectivity index (χ4n) is 1.58. The first kappa shape index (κ1) is 16.2. The monoisotopic (exact) mass is 293 g/mol. The van der Waals surface area contributed by atoms with Crippen molar-refractivity contribution in [2.24, 2.45) is 0 Å². The van der Waals surface area contributed by atoms with Crippen molar-refractivity contribution in [3.05, 3.63) is 29.8 Å². The average molecular weight is 293 g/mol. The van der Waals surface area contributed by atoms with Gasteiger partial charge in [-0.05, 0) is 43.3 Å². The van der Waals surface area contributed by atoms with Gasteiger partial charge in [-0.15, -0.1) is 0 Å². The highest BCUT2D eigenvalue weighted by molar-refractivity contribution is 8.00. The number of benzene rings is 1. The largest absolute Gasteiger partial charge is 0.494 e. The summed E-state index contributed by atoms with van der Waals surface area (Å²) in [5.41, 5.74) is -3.12. The summed E-state index contributed by atoms with van der Waals surface area (Å²) in [6.45, 7) is 4.77. The van der Waals surface area contributed by atoms with E-state index >= 15 is 0 Å². The van der Waals surface area contributed by atoms with Crippen LogP contribution in [-0.2, 0) is 0 Å². The van der Waals surface area contributed by atoms with Crippen molar-refractivity contribution in [3.63, 3.8) is 0 Å². The molecule has 1 rings (SSSR count). The zero-order chi connectivity index (χ0) is 14.3. The molecule has 1 aromatic carbocycles. The normalized spacial score (nSPS) is 13.3. The summed E-state index contributed by atoms with van der Waals surface area (Å²) < 4.78 is 41.2. The van der Waals surface area contributed by atoms with E-state index in [0.29, 0.717) is 13.2 Å². The Morgan fingerprint density at radius 1 is 1.26 bits per heavy atom. The molecule has 0 saturated carbocycles. The van der Waals surface area contributed by atoms with Gasteiger partial charge in [-0.1, -0.05) is 12.1 Å². The lowest BCUT2D eigenvalue weighted by atomic mass is 10.1. The topological polar surface area (TPSA) is 21.3 Å². The molecule has 19 heavy (non-hydrogen) atoms. The van der Waals surface area contributed by atoms with Crippen molar-refractivity contribution in [2.75, 3.05) is 18.9 Å². The van der Waals surface area contributed by atoms with Gasteiger partial charge in [-0.2, -0.15) is 13.2 Å². The van der Waals surface area contributed by atoms with Crippen LogP contribution in [0.15, 0.2) is 24.3 Å². The van der Waals surface area contributed by atoms with Gasteiger partial charge >= 0.3 is 5.51 Å². The van der Waals surface area contributed by atoms with E-state index in [4.69, 9.17) is 4.74 Å². The number of halogens is 3. The summed E-state index contributed by atoms with van der Waals surface area (Å²) in [7, 11) is 0. The first-order chi connectivity index (χ1) is 8.92. The quantitative estimate of drug-likeness (QED) is 0.768. The maximum absolute atomic E-state index is 11.9. The molecule has 0 aliphatic rings. The Balaban J connectivity index is 2.34. The third-order valence-corrected chi connectivity index (χ3v) is 3.24. The molecule has 0 bridgehead atoms. The highest BCUT2D eigenvalue weighted by Crippen LogP contribution is 2.29. The lowest BCUT2D eigenvalue weighted by Gasteiger charge is -2.15. The van der Waals surface area contributed by atoms with Crippen molar-refractivity contribution < 1.29 is 17.9 Å². The van der Waals surface area contributed by atoms with Crippen LogP contribution in [0.3, 0.4) is 0 Å². The molecule has 1 atom stereocenters. The minimum absolute atomic E-state index is 0.00271. The molecule has 0 radical (unpaired) electrons. The number of nitrogens with one attached hydrogen (secondary N) is 1. The molecular weight excluding hydrogens is 275 g/mol. The molecule has 6 heteroatoms. The van der Waals surface area contributed by atoms with Crippen LogP contribution in [0.1, 0.15) is 25.5 Å². The Hall–Kier alpha value is -0.880. The summed E-state index contributed by atoms with van der Waals surface area (Å²) in [5.74, 6) is 0.816. The fourth-order valence-corrected chi connectivity index (χ4v) is 2.03. The van der Waals surface area contributed by atoms with E-state index in [-0.39, 0.29) is 23.6 Å². The number of hydrogen-bond donors (Lipinski definition) is 1. The second-order valence-electron chi connectivity index (χ2n) is 3.97. The molecule has 0 aliphatic carbocycles. The van der Waals surface area contributed by atoms with Gasteiger partial charge in [-0.25, -0.2) is 0 Å². The Labute approximate surface area is 115 Å². The number of ether oxygens (including phenoxy) is 1. The van der Waals surface area contributed by atoms with Crippen molar-refractivity contribution >= 4 is 11.8 Å². The smallest absolute Gasteiger partial charge is 0.441 e. The van der Waals surface area contributed by atoms with Gasteiger partial charge in [0.05, 0.1) is 6.61 Å². The number of thioether (sulfide) groups is 1. The highest BCUT2D eigenvalue weighted by atomic mass is 32.2. The van der Waals surface area contributed by atoms with Crippen LogP contribution in [0.4, 0.5) is 13.2 Å². The molecule has 1 unspecified atom stereocenters. The van der Waals surface area contributed by atoms with Gasteiger partial charge in [0.15, 0.2) is 0 Å². The summed E-state index contributed by atoms with van der Waals surface area (Å²) in [6.07, 6.45) is 0. The van der Waals surface area contributed by atoms with Crippen LogP contribution < -0.4 is 10.1 Å². The minimum atomic E-state index is -4.15. The van der Waals surface area contributed by atoms with Crippen LogP contribution in [0.25, 0.3) is 0 Å². The predicted octanol–water partition coefficient (Wildman–Crippen LogP) is 3.99. The summed E-state index contributed by atoms with van der Waals surface area (Å²) in [5, 5.41) is 3.06. The van der Waals surface area contributed by atoms with Crippen molar-refractivity contribution in [3.8, 4) is 5.75 Å². The molecule has 1 aromatic rings. The van der Waals surface area contributed by atoms with Crippen molar-refractivity contribution in [1.82, 2.24) is 5.32 Å². The molecule has 0 aromatic heterocycles. The SMILES string of the molecule is CCOc1ccc(C(C)NCCSC(F)(F)F)cc1. The van der Waals surface area contributed by atoms with Gasteiger partial charge in [0, 0.05) is 18.3 Å². The van der Waals surface area contributed by atoms with Crippen molar-refractivity contribution in [2.45, 2.75) is 25.4 Å². The second-order valence-corrected chi connectivity index (χ2v) is 5.13. The summed E-state index contributed by atoms with van der Waals surface area (Å²) in [4.78, 5) is 0. The van der Waals surface area contributed by atoms with Crippen molar-refractivity contribution in [1.29, 1.82) is 0 Å². The first-order valence-electron chi connectivity index (χ1n) is 6.09. The summed E-state index contributed by atoms with van der Waals surface area (Å²) in [6, 6.07) is 7.58. The van der Waals surface area contributed by atoms with Gasteiger partial charge in [-0.3, -0.25) is 0 Å². The maximum atomic E-state index is 11.9. The van der Waals surface area contributed by atoms with E-state index < -0.39 is 5.51 Å². The Kier molecular flexibility index (Phi) is 6.51. The van der Waals surface area contributed by atoms with E-state index in [1.165, 1.54) is 0 Å². The number of alkyl halides is 3. The lowest BCUT2D eigenvalue weighted by molar-refractivity contribution is -0.0327. The summed E-state index contributed by atoms with van der Waals surface area (Å²) >= 11 is -0.00271. The Bertz CT molecular complexity index is 367. The molecule has 1 N–H and O–H groups in total. The fraction of sp³-hybridized carbons (Fsp3) is 0.538. The van der Waals surface area contributed by atoms with Gasteiger partial charge in [0.2, 0.25) is 0 Å². The van der Waals surface area contributed by atoms with E-state index in [2.05, 4.69) is 5.32 Å². The van der Waals surface area contributed by atoms with Gasteiger partial charge in [0.25, 0.3) is 0 Å². The lowest BCUT2D eigenvalue weighted by Crippen LogP contribution is -2.22. The molecule has 0 amide bonds. The van der Waals surface area contributed by atoms with E-state index in [9.17, 15) is 13.2 Å². The number of rotatable bonds is 7. The molecule has 0 spiro atoms. The average Bonchev–Trinajstić information content (AvgIpc) is 2.34. The standard InChI is InChI=1S/C13H18F3NOS/c1-3-18-12-6-4-11(5-7-12)10(2)17-8-9-19-13(14,15)16/h4-7,10,17H,3,8-9H2,1-2H3. The van der Waals surface area contributed by atoms with E-state index in [1.807, 2.05) is 38.1 Å². The molecule has 2 nitrogen and oxygen atoms in total. The Morgan fingerprint density at radius 3 is 2.42 bits per heavy atom. The van der Waals surface area contributed by atoms with Crippen LogP contribution in [0.5, 0.6) is 5.75 Å². The zero-order valence-corrected chi connectivity index (χ0v) is 11.8. The maximum Gasteiger partial charge on any atom is 0.441 e. The Morgan fingerprint density at radius 2 is 1.89 bits per heavy atom. The van der Waals surface area contributed by atoms with Crippen LogP contribution in [-0.4, -0.2) is 24.4 Å².